The molecule has 1 saturated heterocycles. The molecule has 2 aromatic rings. The van der Waals surface area contributed by atoms with Gasteiger partial charge in [0.15, 0.2) is 17.9 Å². The Hall–Kier alpha value is -3.31. The lowest BCUT2D eigenvalue weighted by Gasteiger charge is -2.27. The van der Waals surface area contributed by atoms with Crippen molar-refractivity contribution in [3.8, 4) is 18.1 Å². The second kappa shape index (κ2) is 11.4. The maximum absolute atomic E-state index is 13.5. The molecule has 1 aliphatic rings. The SMILES string of the molecule is C#C[C@@]1(N)C(O)C(COP(=O)(Oc2ccccc2)O[C@@H](C)C(=O)OC(C)C)O[C@H]1n1cnc(N)nc1=O. The average Bonchev–Trinajstić information content (AvgIpc) is 3.08. The third-order valence-electron chi connectivity index (χ3n) is 5.13. The van der Waals surface area contributed by atoms with Gasteiger partial charge < -0.3 is 30.6 Å². The van der Waals surface area contributed by atoms with Crippen molar-refractivity contribution in [2.75, 3.05) is 12.3 Å². The molecule has 14 nitrogen and oxygen atoms in total. The number of benzene rings is 1. The first-order valence-electron chi connectivity index (χ1n) is 11.1. The third kappa shape index (κ3) is 6.53. The number of hydrogen-bond donors (Lipinski definition) is 3. The molecule has 15 heteroatoms. The molecule has 1 fully saturated rings. The molecular formula is C22H28N5O9P. The van der Waals surface area contributed by atoms with Crippen LogP contribution in [0.25, 0.3) is 0 Å². The van der Waals surface area contributed by atoms with Gasteiger partial charge in [-0.2, -0.15) is 4.98 Å². The summed E-state index contributed by atoms with van der Waals surface area (Å²) in [5.74, 6) is 1.25. The number of ether oxygens (including phenoxy) is 2. The number of rotatable bonds is 10. The molecule has 37 heavy (non-hydrogen) atoms. The fourth-order valence-corrected chi connectivity index (χ4v) is 4.66. The van der Waals surface area contributed by atoms with E-state index >= 15 is 0 Å². The topological polar surface area (TPSA) is 200 Å². The highest BCUT2D eigenvalue weighted by molar-refractivity contribution is 7.49. The van der Waals surface area contributed by atoms with E-state index in [1.807, 2.05) is 0 Å². The Kier molecular flexibility index (Phi) is 8.70. The first-order chi connectivity index (χ1) is 17.4. The van der Waals surface area contributed by atoms with Gasteiger partial charge in [0.2, 0.25) is 5.95 Å². The molecule has 0 radical (unpaired) electrons. The quantitative estimate of drug-likeness (QED) is 0.213. The van der Waals surface area contributed by atoms with Crippen molar-refractivity contribution in [1.82, 2.24) is 14.5 Å². The Morgan fingerprint density at radius 3 is 2.62 bits per heavy atom. The minimum atomic E-state index is -4.53. The van der Waals surface area contributed by atoms with Gasteiger partial charge in [-0.25, -0.2) is 19.1 Å². The van der Waals surface area contributed by atoms with Crippen LogP contribution >= 0.6 is 7.82 Å². The van der Waals surface area contributed by atoms with Crippen molar-refractivity contribution in [1.29, 1.82) is 0 Å². The Balaban J connectivity index is 1.83. The highest BCUT2D eigenvalue weighted by atomic mass is 31.2. The van der Waals surface area contributed by atoms with E-state index in [2.05, 4.69) is 15.9 Å². The molecule has 0 saturated carbocycles. The van der Waals surface area contributed by atoms with Crippen LogP contribution in [0.2, 0.25) is 0 Å². The lowest BCUT2D eigenvalue weighted by molar-refractivity contribution is -0.156. The Morgan fingerprint density at radius 1 is 1.35 bits per heavy atom. The number of carbonyl (C=O) groups excluding carboxylic acids is 1. The van der Waals surface area contributed by atoms with E-state index in [1.165, 1.54) is 19.1 Å². The fourth-order valence-electron chi connectivity index (χ4n) is 3.32. The Morgan fingerprint density at radius 2 is 2.03 bits per heavy atom. The van der Waals surface area contributed by atoms with Crippen molar-refractivity contribution >= 4 is 19.7 Å². The van der Waals surface area contributed by atoms with Gasteiger partial charge in [-0.1, -0.05) is 24.1 Å². The van der Waals surface area contributed by atoms with Crippen LogP contribution in [0.5, 0.6) is 5.75 Å². The number of phosphoric ester groups is 1. The van der Waals surface area contributed by atoms with Crippen molar-refractivity contribution in [2.24, 2.45) is 5.73 Å². The number of aliphatic hydroxyl groups excluding tert-OH is 1. The second-order valence-electron chi connectivity index (χ2n) is 8.33. The number of esters is 1. The van der Waals surface area contributed by atoms with Crippen LogP contribution in [0.4, 0.5) is 5.95 Å². The molecule has 0 bridgehead atoms. The third-order valence-corrected chi connectivity index (χ3v) is 6.60. The second-order valence-corrected chi connectivity index (χ2v) is 9.88. The number of aliphatic hydroxyl groups is 1. The maximum atomic E-state index is 13.5. The van der Waals surface area contributed by atoms with Gasteiger partial charge in [-0.05, 0) is 32.9 Å². The number of nitrogen functional groups attached to an aromatic ring is 1. The van der Waals surface area contributed by atoms with E-state index in [0.29, 0.717) is 0 Å². The molecule has 5 N–H and O–H groups in total. The van der Waals surface area contributed by atoms with Gasteiger partial charge >= 0.3 is 19.5 Å². The van der Waals surface area contributed by atoms with E-state index in [1.54, 1.807) is 32.0 Å². The Bertz CT molecular complexity index is 1250. The summed E-state index contributed by atoms with van der Waals surface area (Å²) in [7, 11) is -4.53. The molecule has 200 valence electrons. The van der Waals surface area contributed by atoms with Crippen molar-refractivity contribution in [2.45, 2.75) is 57.0 Å². The minimum absolute atomic E-state index is 0.114. The molecule has 1 aromatic carbocycles. The fraction of sp³-hybridized carbons (Fsp3) is 0.455. The number of hydrogen-bond acceptors (Lipinski definition) is 13. The normalized spacial score (nSPS) is 25.7. The van der Waals surface area contributed by atoms with Gasteiger partial charge in [0, 0.05) is 0 Å². The zero-order valence-corrected chi connectivity index (χ0v) is 21.2. The summed E-state index contributed by atoms with van der Waals surface area (Å²) in [6, 6.07) is 7.92. The molecular weight excluding hydrogens is 509 g/mol. The summed E-state index contributed by atoms with van der Waals surface area (Å²) in [6.07, 6.45) is 0.427. The largest absolute Gasteiger partial charge is 0.530 e. The summed E-state index contributed by atoms with van der Waals surface area (Å²) in [5.41, 5.74) is 8.80. The zero-order chi connectivity index (χ0) is 27.4. The summed E-state index contributed by atoms with van der Waals surface area (Å²) >= 11 is 0. The number of carbonyl (C=O) groups is 1. The summed E-state index contributed by atoms with van der Waals surface area (Å²) in [6.45, 7) is 3.96. The molecule has 2 heterocycles. The average molecular weight is 537 g/mol. The highest BCUT2D eigenvalue weighted by Crippen LogP contribution is 2.51. The van der Waals surface area contributed by atoms with Crippen molar-refractivity contribution in [3.63, 3.8) is 0 Å². The van der Waals surface area contributed by atoms with Crippen LogP contribution in [-0.2, 0) is 27.9 Å². The van der Waals surface area contributed by atoms with Crippen LogP contribution in [0, 0.1) is 12.3 Å². The van der Waals surface area contributed by atoms with Crippen LogP contribution in [-0.4, -0.2) is 62.2 Å². The van der Waals surface area contributed by atoms with Crippen molar-refractivity contribution < 1.29 is 37.5 Å². The minimum Gasteiger partial charge on any atom is -0.461 e. The predicted molar refractivity (Wildman–Crippen MR) is 129 cm³/mol. The number of aromatic nitrogens is 3. The van der Waals surface area contributed by atoms with Crippen LogP contribution in [0.15, 0.2) is 41.5 Å². The molecule has 3 rings (SSSR count). The molecule has 0 aliphatic carbocycles. The van der Waals surface area contributed by atoms with E-state index < -0.39 is 62.3 Å². The molecule has 6 atom stereocenters. The molecule has 0 amide bonds. The number of terminal acetylenes is 1. The van der Waals surface area contributed by atoms with Crippen LogP contribution in [0.1, 0.15) is 27.0 Å². The van der Waals surface area contributed by atoms with Crippen LogP contribution in [0.3, 0.4) is 0 Å². The number of phosphoric acid groups is 1. The standard InChI is InChI=1S/C22H28N5O9P/c1-5-22(24)17(28)16(34-19(22)27-12-25-20(23)26-21(27)30)11-32-37(31,36-15-9-7-6-8-10-15)35-14(4)18(29)33-13(2)3/h1,6-10,12-14,16-17,19,28H,11,24H2,2-4H3,(H2,23,26,30)/t14-,16?,17?,19+,22+,37?/m0/s1. The first kappa shape index (κ1) is 28.3. The maximum Gasteiger partial charge on any atom is 0.530 e. The summed E-state index contributed by atoms with van der Waals surface area (Å²) in [5, 5.41) is 10.8. The van der Waals surface area contributed by atoms with E-state index in [0.717, 1.165) is 10.9 Å². The van der Waals surface area contributed by atoms with E-state index in [9.17, 15) is 19.3 Å². The van der Waals surface area contributed by atoms with Crippen molar-refractivity contribution in [3.05, 3.63) is 47.1 Å². The van der Waals surface area contributed by atoms with Gasteiger partial charge in [0.25, 0.3) is 0 Å². The predicted octanol–water partition coefficient (Wildman–Crippen LogP) is 0.370. The first-order valence-corrected chi connectivity index (χ1v) is 12.5. The van der Waals surface area contributed by atoms with E-state index in [4.69, 9.17) is 40.9 Å². The van der Waals surface area contributed by atoms with Gasteiger partial charge in [0.1, 0.15) is 24.3 Å². The zero-order valence-electron chi connectivity index (χ0n) is 20.3. The number of nitrogens with two attached hydrogens (primary N) is 2. The monoisotopic (exact) mass is 537 g/mol. The molecule has 1 aliphatic heterocycles. The molecule has 1 aromatic heterocycles. The Labute approximate surface area is 212 Å². The van der Waals surface area contributed by atoms with Gasteiger partial charge in [-0.15, -0.1) is 6.42 Å². The summed E-state index contributed by atoms with van der Waals surface area (Å²) < 4.78 is 41.4. The number of anilines is 1. The lowest BCUT2D eigenvalue weighted by Crippen LogP contribution is -2.55. The number of para-hydroxylation sites is 1. The van der Waals surface area contributed by atoms with Gasteiger partial charge in [0.05, 0.1) is 12.7 Å². The van der Waals surface area contributed by atoms with Crippen LogP contribution < -0.4 is 21.7 Å². The number of nitrogens with zero attached hydrogens (tertiary/aromatic N) is 3. The highest BCUT2D eigenvalue weighted by Gasteiger charge is 2.55. The van der Waals surface area contributed by atoms with E-state index in [-0.39, 0.29) is 11.7 Å². The smallest absolute Gasteiger partial charge is 0.461 e. The molecule has 3 unspecified atom stereocenters. The lowest BCUT2D eigenvalue weighted by atomic mass is 9.92. The van der Waals surface area contributed by atoms with Gasteiger partial charge in [-0.3, -0.25) is 13.6 Å². The molecule has 0 spiro atoms. The summed E-state index contributed by atoms with van der Waals surface area (Å²) in [4.78, 5) is 31.8.